The molecule has 0 fully saturated rings. The molecule has 2 nitrogen and oxygen atoms in total. The Kier molecular flexibility index (Phi) is 4.98. The summed E-state index contributed by atoms with van der Waals surface area (Å²) in [5, 5.41) is 0. The molecule has 0 bridgehead atoms. The van der Waals surface area contributed by atoms with Crippen LogP contribution in [0.1, 0.15) is 11.7 Å². The maximum atomic E-state index is 12.9. The topological polar surface area (TPSA) is 35.2 Å². The lowest BCUT2D eigenvalue weighted by Crippen LogP contribution is -2.45. The molecule has 0 radical (unpaired) electrons. The third-order valence-electron chi connectivity index (χ3n) is 2.33. The number of nitrogens with two attached hydrogens (primary N) is 1. The Morgan fingerprint density at radius 2 is 1.60 bits per heavy atom. The number of alkyl halides is 6. The zero-order valence-corrected chi connectivity index (χ0v) is 9.80. The van der Waals surface area contributed by atoms with Crippen molar-refractivity contribution in [2.75, 3.05) is 6.54 Å². The predicted octanol–water partition coefficient (Wildman–Crippen LogP) is 3.34. The highest BCUT2D eigenvalue weighted by Crippen LogP contribution is 2.38. The summed E-state index contributed by atoms with van der Waals surface area (Å²) in [6.07, 6.45) is -17.0. The first-order valence-corrected chi connectivity index (χ1v) is 5.30. The Morgan fingerprint density at radius 1 is 1.05 bits per heavy atom. The van der Waals surface area contributed by atoms with Crippen molar-refractivity contribution in [3.05, 3.63) is 35.6 Å². The van der Waals surface area contributed by atoms with E-state index in [0.717, 1.165) is 24.3 Å². The van der Waals surface area contributed by atoms with Gasteiger partial charge < -0.3 is 10.5 Å². The fourth-order valence-corrected chi connectivity index (χ4v) is 1.48. The first-order chi connectivity index (χ1) is 9.05. The first-order valence-electron chi connectivity index (χ1n) is 5.30. The van der Waals surface area contributed by atoms with E-state index >= 15 is 0 Å². The van der Waals surface area contributed by atoms with Crippen LogP contribution in [0.4, 0.5) is 30.7 Å². The van der Waals surface area contributed by atoms with Crippen molar-refractivity contribution in [1.82, 2.24) is 0 Å². The van der Waals surface area contributed by atoms with Crippen molar-refractivity contribution < 1.29 is 35.5 Å². The summed E-state index contributed by atoms with van der Waals surface area (Å²) in [5.41, 5.74) is 4.90. The van der Waals surface area contributed by atoms with Gasteiger partial charge in [-0.1, -0.05) is 12.1 Å². The van der Waals surface area contributed by atoms with Crippen LogP contribution in [0.3, 0.4) is 0 Å². The molecule has 1 aromatic rings. The van der Waals surface area contributed by atoms with Gasteiger partial charge in [0.15, 0.2) is 0 Å². The maximum Gasteiger partial charge on any atom is 0.423 e. The van der Waals surface area contributed by atoms with Gasteiger partial charge >= 0.3 is 12.4 Å². The standard InChI is InChI=1S/C11H10F7NO/c12-7-3-1-2-6(4-7)8(5-19)20-9(10(13,14)15)11(16,17)18/h1-4,8-9H,5,19H2. The summed E-state index contributed by atoms with van der Waals surface area (Å²) >= 11 is 0. The van der Waals surface area contributed by atoms with E-state index in [1.165, 1.54) is 0 Å². The van der Waals surface area contributed by atoms with Crippen LogP contribution in [-0.4, -0.2) is 25.0 Å². The zero-order chi connectivity index (χ0) is 15.6. The molecular formula is C11H10F7NO. The Labute approximate surface area is 109 Å². The summed E-state index contributed by atoms with van der Waals surface area (Å²) in [6, 6.07) is 4.01. The van der Waals surface area contributed by atoms with Gasteiger partial charge in [-0.2, -0.15) is 26.3 Å². The van der Waals surface area contributed by atoms with Gasteiger partial charge in [0.25, 0.3) is 0 Å². The van der Waals surface area contributed by atoms with Crippen LogP contribution in [0.5, 0.6) is 0 Å². The molecule has 0 saturated carbocycles. The second-order valence-electron chi connectivity index (χ2n) is 3.88. The summed E-state index contributed by atoms with van der Waals surface area (Å²) in [4.78, 5) is 0. The predicted molar refractivity (Wildman–Crippen MR) is 55.2 cm³/mol. The van der Waals surface area contributed by atoms with E-state index in [1.54, 1.807) is 0 Å². The second-order valence-corrected chi connectivity index (χ2v) is 3.88. The van der Waals surface area contributed by atoms with Crippen LogP contribution in [0.2, 0.25) is 0 Å². The Balaban J connectivity index is 3.01. The quantitative estimate of drug-likeness (QED) is 0.866. The molecule has 1 atom stereocenters. The minimum absolute atomic E-state index is 0.203. The molecule has 0 aliphatic heterocycles. The Morgan fingerprint density at radius 3 is 2.00 bits per heavy atom. The van der Waals surface area contributed by atoms with Crippen molar-refractivity contribution in [2.45, 2.75) is 24.6 Å². The van der Waals surface area contributed by atoms with Crippen LogP contribution in [0, 0.1) is 5.82 Å². The van der Waals surface area contributed by atoms with E-state index in [0.29, 0.717) is 0 Å². The number of benzene rings is 1. The van der Waals surface area contributed by atoms with Crippen LogP contribution in [-0.2, 0) is 4.74 Å². The number of ether oxygens (including phenoxy) is 1. The van der Waals surface area contributed by atoms with Crippen molar-refractivity contribution in [3.63, 3.8) is 0 Å². The van der Waals surface area contributed by atoms with E-state index in [9.17, 15) is 30.7 Å². The van der Waals surface area contributed by atoms with Gasteiger partial charge in [-0.15, -0.1) is 0 Å². The lowest BCUT2D eigenvalue weighted by molar-refractivity contribution is -0.331. The summed E-state index contributed by atoms with van der Waals surface area (Å²) in [6.45, 7) is -0.661. The molecule has 0 saturated heterocycles. The molecule has 1 unspecified atom stereocenters. The normalized spacial score (nSPS) is 14.7. The lowest BCUT2D eigenvalue weighted by Gasteiger charge is -2.27. The molecule has 9 heteroatoms. The highest BCUT2D eigenvalue weighted by atomic mass is 19.4. The van der Waals surface area contributed by atoms with Crippen LogP contribution in [0.15, 0.2) is 24.3 Å². The van der Waals surface area contributed by atoms with Crippen molar-refractivity contribution in [1.29, 1.82) is 0 Å². The van der Waals surface area contributed by atoms with Gasteiger partial charge in [-0.25, -0.2) is 4.39 Å². The highest BCUT2D eigenvalue weighted by molar-refractivity contribution is 5.19. The molecule has 114 valence electrons. The molecule has 20 heavy (non-hydrogen) atoms. The maximum absolute atomic E-state index is 12.9. The zero-order valence-electron chi connectivity index (χ0n) is 9.80. The number of hydrogen-bond acceptors (Lipinski definition) is 2. The molecule has 1 rings (SSSR count). The first kappa shape index (κ1) is 16.7. The van der Waals surface area contributed by atoms with Gasteiger partial charge in [0.05, 0.1) is 6.10 Å². The monoisotopic (exact) mass is 305 g/mol. The van der Waals surface area contributed by atoms with Crippen molar-refractivity contribution >= 4 is 0 Å². The number of halogens is 7. The largest absolute Gasteiger partial charge is 0.423 e. The number of hydrogen-bond donors (Lipinski definition) is 1. The average molecular weight is 305 g/mol. The smallest absolute Gasteiger partial charge is 0.351 e. The molecule has 2 N–H and O–H groups in total. The van der Waals surface area contributed by atoms with Crippen LogP contribution >= 0.6 is 0 Å². The van der Waals surface area contributed by atoms with E-state index in [4.69, 9.17) is 5.73 Å². The van der Waals surface area contributed by atoms with Gasteiger partial charge in [0.1, 0.15) is 5.82 Å². The lowest BCUT2D eigenvalue weighted by atomic mass is 10.1. The van der Waals surface area contributed by atoms with Crippen molar-refractivity contribution in [3.8, 4) is 0 Å². The van der Waals surface area contributed by atoms with Gasteiger partial charge in [0.2, 0.25) is 6.10 Å². The van der Waals surface area contributed by atoms with Crippen LogP contribution < -0.4 is 5.73 Å². The fourth-order valence-electron chi connectivity index (χ4n) is 1.48. The minimum atomic E-state index is -5.64. The molecule has 0 heterocycles. The third kappa shape index (κ3) is 4.34. The highest BCUT2D eigenvalue weighted by Gasteiger charge is 2.58. The van der Waals surface area contributed by atoms with E-state index in [1.807, 2.05) is 0 Å². The summed E-state index contributed by atoms with van der Waals surface area (Å²) < 4.78 is 91.0. The second kappa shape index (κ2) is 5.96. The average Bonchev–Trinajstić information content (AvgIpc) is 2.26. The van der Waals surface area contributed by atoms with Gasteiger partial charge in [-0.3, -0.25) is 0 Å². The van der Waals surface area contributed by atoms with Crippen molar-refractivity contribution in [2.24, 2.45) is 5.73 Å². The van der Waals surface area contributed by atoms with Gasteiger partial charge in [-0.05, 0) is 17.7 Å². The molecular weight excluding hydrogens is 295 g/mol. The molecule has 0 aliphatic rings. The Hall–Kier alpha value is -1.35. The number of rotatable bonds is 4. The summed E-state index contributed by atoms with van der Waals surface area (Å²) in [7, 11) is 0. The fraction of sp³-hybridized carbons (Fsp3) is 0.455. The summed E-state index contributed by atoms with van der Waals surface area (Å²) in [5.74, 6) is -0.819. The van der Waals surface area contributed by atoms with Gasteiger partial charge in [0, 0.05) is 6.54 Å². The Bertz CT molecular complexity index is 429. The SMILES string of the molecule is NCC(OC(C(F)(F)F)C(F)(F)F)c1cccc(F)c1. The molecule has 0 spiro atoms. The molecule has 0 aromatic heterocycles. The molecule has 0 aliphatic carbocycles. The van der Waals surface area contributed by atoms with Crippen LogP contribution in [0.25, 0.3) is 0 Å². The third-order valence-corrected chi connectivity index (χ3v) is 2.33. The van der Waals surface area contributed by atoms with E-state index in [-0.39, 0.29) is 5.56 Å². The molecule has 0 amide bonds. The minimum Gasteiger partial charge on any atom is -0.351 e. The van der Waals surface area contributed by atoms with E-state index in [2.05, 4.69) is 4.74 Å². The molecule has 1 aromatic carbocycles. The van der Waals surface area contributed by atoms with E-state index < -0.39 is 36.9 Å².